The molecule has 2 heterocycles. The molecule has 5 nitrogen and oxygen atoms in total. The van der Waals surface area contributed by atoms with Gasteiger partial charge in [0.25, 0.3) is 0 Å². The van der Waals surface area contributed by atoms with E-state index < -0.39 is 0 Å². The maximum Gasteiger partial charge on any atom is 0.223 e. The molecule has 3 rings (SSSR count). The van der Waals surface area contributed by atoms with E-state index >= 15 is 0 Å². The van der Waals surface area contributed by atoms with Crippen LogP contribution < -0.4 is 4.90 Å². The molecule has 0 saturated carbocycles. The Kier molecular flexibility index (Phi) is 4.68. The molecule has 6 heteroatoms. The average molecular weight is 316 g/mol. The number of anilines is 1. The number of carbonyl (C=O) groups excluding carboxylic acids is 1. The van der Waals surface area contributed by atoms with Crippen molar-refractivity contribution in [2.24, 2.45) is 0 Å². The second-order valence-corrected chi connectivity index (χ2v) is 6.21. The summed E-state index contributed by atoms with van der Waals surface area (Å²) in [5.41, 5.74) is 1.22. The van der Waals surface area contributed by atoms with Crippen molar-refractivity contribution in [1.29, 1.82) is 0 Å². The topological polar surface area (TPSA) is 49.3 Å². The van der Waals surface area contributed by atoms with Crippen LogP contribution in [0.15, 0.2) is 30.3 Å². The Balaban J connectivity index is 1.47. The summed E-state index contributed by atoms with van der Waals surface area (Å²) >= 11 is 1.43. The van der Waals surface area contributed by atoms with Crippen molar-refractivity contribution in [2.45, 2.75) is 19.8 Å². The van der Waals surface area contributed by atoms with Crippen molar-refractivity contribution >= 4 is 22.6 Å². The molecule has 1 saturated heterocycles. The molecule has 0 bridgehead atoms. The van der Waals surface area contributed by atoms with Crippen molar-refractivity contribution in [3.05, 3.63) is 41.7 Å². The summed E-state index contributed by atoms with van der Waals surface area (Å²) in [5, 5.41) is 0.967. The standard InChI is InChI=1S/C16H20N4OS/c1-13-17-16(22-18-13)20-11-9-19(10-12-20)15(21)8-7-14-5-3-2-4-6-14/h2-6H,7-12H2,1H3. The molecule has 0 unspecified atom stereocenters. The van der Waals surface area contributed by atoms with E-state index in [0.29, 0.717) is 6.42 Å². The Morgan fingerprint density at radius 2 is 1.91 bits per heavy atom. The summed E-state index contributed by atoms with van der Waals surface area (Å²) in [6.45, 7) is 5.12. The van der Waals surface area contributed by atoms with Gasteiger partial charge in [-0.1, -0.05) is 30.3 Å². The van der Waals surface area contributed by atoms with Crippen LogP contribution in [0.2, 0.25) is 0 Å². The predicted octanol–water partition coefficient (Wildman–Crippen LogP) is 2.13. The Morgan fingerprint density at radius 1 is 1.18 bits per heavy atom. The maximum atomic E-state index is 12.3. The van der Waals surface area contributed by atoms with Gasteiger partial charge in [-0.3, -0.25) is 4.79 Å². The largest absolute Gasteiger partial charge is 0.343 e. The smallest absolute Gasteiger partial charge is 0.223 e. The highest BCUT2D eigenvalue weighted by Crippen LogP contribution is 2.19. The van der Waals surface area contributed by atoms with Crippen molar-refractivity contribution in [2.75, 3.05) is 31.1 Å². The molecule has 0 atom stereocenters. The van der Waals surface area contributed by atoms with E-state index in [1.807, 2.05) is 30.0 Å². The summed E-state index contributed by atoms with van der Waals surface area (Å²) in [6, 6.07) is 10.2. The first-order chi connectivity index (χ1) is 10.7. The van der Waals surface area contributed by atoms with Gasteiger partial charge in [0.1, 0.15) is 5.82 Å². The molecule has 1 aliphatic heterocycles. The lowest BCUT2D eigenvalue weighted by atomic mass is 10.1. The third-order valence-corrected chi connectivity index (χ3v) is 4.76. The van der Waals surface area contributed by atoms with E-state index in [4.69, 9.17) is 0 Å². The first kappa shape index (κ1) is 15.0. The molecule has 1 aliphatic rings. The molecule has 1 aromatic carbocycles. The second kappa shape index (κ2) is 6.87. The third kappa shape index (κ3) is 3.62. The molecule has 1 fully saturated rings. The molecular formula is C16H20N4OS. The number of aromatic nitrogens is 2. The Labute approximate surface area is 134 Å². The fourth-order valence-corrected chi connectivity index (χ4v) is 3.34. The zero-order valence-corrected chi connectivity index (χ0v) is 13.6. The quantitative estimate of drug-likeness (QED) is 0.867. The zero-order chi connectivity index (χ0) is 15.4. The maximum absolute atomic E-state index is 12.3. The summed E-state index contributed by atoms with van der Waals surface area (Å²) in [6.07, 6.45) is 1.40. The lowest BCUT2D eigenvalue weighted by Crippen LogP contribution is -2.48. The van der Waals surface area contributed by atoms with Crippen LogP contribution in [-0.2, 0) is 11.2 Å². The molecule has 22 heavy (non-hydrogen) atoms. The number of carbonyl (C=O) groups is 1. The van der Waals surface area contributed by atoms with E-state index in [2.05, 4.69) is 26.4 Å². The fourth-order valence-electron chi connectivity index (χ4n) is 2.62. The van der Waals surface area contributed by atoms with Gasteiger partial charge in [0.05, 0.1) is 0 Å². The normalized spacial score (nSPS) is 15.1. The highest BCUT2D eigenvalue weighted by atomic mass is 32.1. The Hall–Kier alpha value is -1.95. The lowest BCUT2D eigenvalue weighted by Gasteiger charge is -2.34. The molecule has 0 aliphatic carbocycles. The van der Waals surface area contributed by atoms with Gasteiger partial charge in [0, 0.05) is 44.1 Å². The molecule has 0 spiro atoms. The van der Waals surface area contributed by atoms with E-state index in [1.54, 1.807) is 0 Å². The van der Waals surface area contributed by atoms with Crippen LogP contribution in [0.1, 0.15) is 17.8 Å². The van der Waals surface area contributed by atoms with E-state index in [9.17, 15) is 4.79 Å². The first-order valence-corrected chi connectivity index (χ1v) is 8.36. The van der Waals surface area contributed by atoms with Gasteiger partial charge in [-0.15, -0.1) is 0 Å². The number of aryl methyl sites for hydroxylation is 2. The predicted molar refractivity (Wildman–Crippen MR) is 88.2 cm³/mol. The van der Waals surface area contributed by atoms with Crippen molar-refractivity contribution < 1.29 is 4.79 Å². The van der Waals surface area contributed by atoms with Gasteiger partial charge in [-0.05, 0) is 18.9 Å². The summed E-state index contributed by atoms with van der Waals surface area (Å²) in [5.74, 6) is 1.07. The van der Waals surface area contributed by atoms with Crippen LogP contribution in [0.25, 0.3) is 0 Å². The lowest BCUT2D eigenvalue weighted by molar-refractivity contribution is -0.131. The van der Waals surface area contributed by atoms with Crippen LogP contribution >= 0.6 is 11.5 Å². The monoisotopic (exact) mass is 316 g/mol. The number of benzene rings is 1. The Bertz CT molecular complexity index is 620. The van der Waals surface area contributed by atoms with Gasteiger partial charge < -0.3 is 9.80 Å². The number of hydrogen-bond donors (Lipinski definition) is 0. The van der Waals surface area contributed by atoms with Crippen LogP contribution in [0, 0.1) is 6.92 Å². The van der Waals surface area contributed by atoms with E-state index in [1.165, 1.54) is 17.1 Å². The number of piperazine rings is 1. The minimum Gasteiger partial charge on any atom is -0.343 e. The summed E-state index contributed by atoms with van der Waals surface area (Å²) < 4.78 is 4.22. The SMILES string of the molecule is Cc1nsc(N2CCN(C(=O)CCc3ccccc3)CC2)n1. The first-order valence-electron chi connectivity index (χ1n) is 7.59. The van der Waals surface area contributed by atoms with E-state index in [-0.39, 0.29) is 5.91 Å². The zero-order valence-electron chi connectivity index (χ0n) is 12.7. The van der Waals surface area contributed by atoms with Crippen LogP contribution in [0.4, 0.5) is 5.13 Å². The molecular weight excluding hydrogens is 296 g/mol. The minimum absolute atomic E-state index is 0.247. The van der Waals surface area contributed by atoms with Gasteiger partial charge in [-0.25, -0.2) is 4.98 Å². The second-order valence-electron chi connectivity index (χ2n) is 5.48. The van der Waals surface area contributed by atoms with Gasteiger partial charge in [0.2, 0.25) is 11.0 Å². The highest BCUT2D eigenvalue weighted by Gasteiger charge is 2.22. The van der Waals surface area contributed by atoms with Gasteiger partial charge in [0.15, 0.2) is 0 Å². The van der Waals surface area contributed by atoms with Gasteiger partial charge >= 0.3 is 0 Å². The number of rotatable bonds is 4. The highest BCUT2D eigenvalue weighted by molar-refractivity contribution is 7.09. The van der Waals surface area contributed by atoms with Crippen molar-refractivity contribution in [3.63, 3.8) is 0 Å². The number of nitrogens with zero attached hydrogens (tertiary/aromatic N) is 4. The van der Waals surface area contributed by atoms with Crippen LogP contribution in [-0.4, -0.2) is 46.3 Å². The van der Waals surface area contributed by atoms with Crippen molar-refractivity contribution in [3.8, 4) is 0 Å². The summed E-state index contributed by atoms with van der Waals surface area (Å²) in [4.78, 5) is 20.9. The molecule has 116 valence electrons. The Morgan fingerprint density at radius 3 is 2.55 bits per heavy atom. The minimum atomic E-state index is 0.247. The fraction of sp³-hybridized carbons (Fsp3) is 0.438. The third-order valence-electron chi connectivity index (χ3n) is 3.89. The molecule has 1 aromatic heterocycles. The van der Waals surface area contributed by atoms with Crippen LogP contribution in [0.3, 0.4) is 0 Å². The summed E-state index contributed by atoms with van der Waals surface area (Å²) in [7, 11) is 0. The molecule has 0 N–H and O–H groups in total. The van der Waals surface area contributed by atoms with E-state index in [0.717, 1.165) is 43.6 Å². The molecule has 2 aromatic rings. The molecule has 1 amide bonds. The molecule has 0 radical (unpaired) electrons. The van der Waals surface area contributed by atoms with Gasteiger partial charge in [-0.2, -0.15) is 4.37 Å². The van der Waals surface area contributed by atoms with Crippen LogP contribution in [0.5, 0.6) is 0 Å². The number of amides is 1. The average Bonchev–Trinajstić information content (AvgIpc) is 3.00. The van der Waals surface area contributed by atoms with Crippen molar-refractivity contribution in [1.82, 2.24) is 14.3 Å². The number of hydrogen-bond acceptors (Lipinski definition) is 5.